The molecule has 3 aromatic rings. The molecular formula is C17H15F2N3Si. The normalized spacial score (nSPS) is 11.4. The van der Waals surface area contributed by atoms with Gasteiger partial charge in [0.25, 0.3) is 0 Å². The Morgan fingerprint density at radius 3 is 1.96 bits per heavy atom. The largest absolute Gasteiger partial charge is 0.249 e. The summed E-state index contributed by atoms with van der Waals surface area (Å²) in [5.41, 5.74) is 2.14. The van der Waals surface area contributed by atoms with Crippen LogP contribution in [0, 0.1) is 11.6 Å². The van der Waals surface area contributed by atoms with Gasteiger partial charge in [0.15, 0.2) is 0 Å². The van der Waals surface area contributed by atoms with E-state index in [9.17, 15) is 8.78 Å². The summed E-state index contributed by atoms with van der Waals surface area (Å²) in [6.07, 6.45) is 5.16. The van der Waals surface area contributed by atoms with Gasteiger partial charge >= 0.3 is 0 Å². The van der Waals surface area contributed by atoms with E-state index in [0.29, 0.717) is 6.54 Å². The van der Waals surface area contributed by atoms with E-state index >= 15 is 0 Å². The fraction of sp³-hybridized carbons (Fsp3) is 0.0588. The van der Waals surface area contributed by atoms with E-state index in [2.05, 4.69) is 15.8 Å². The number of hydrogen-bond donors (Lipinski definition) is 0. The molecule has 0 bridgehead atoms. The molecule has 0 aliphatic rings. The minimum absolute atomic E-state index is 0.257. The highest BCUT2D eigenvalue weighted by Gasteiger charge is 2.13. The topological polar surface area (TPSA) is 30.7 Å². The Bertz CT molecular complexity index is 723. The molecule has 0 saturated carbocycles. The van der Waals surface area contributed by atoms with Crippen molar-refractivity contribution in [1.29, 1.82) is 0 Å². The van der Waals surface area contributed by atoms with Crippen molar-refractivity contribution < 1.29 is 8.78 Å². The monoisotopic (exact) mass is 327 g/mol. The van der Waals surface area contributed by atoms with Crippen molar-refractivity contribution in [2.45, 2.75) is 6.54 Å². The first-order valence-corrected chi connectivity index (χ1v) is 9.04. The maximum atomic E-state index is 13.2. The molecule has 0 radical (unpaired) electrons. The highest BCUT2D eigenvalue weighted by Crippen LogP contribution is 2.00. The van der Waals surface area contributed by atoms with Crippen molar-refractivity contribution in [2.24, 2.45) is 0 Å². The summed E-state index contributed by atoms with van der Waals surface area (Å²) < 4.78 is 28.1. The zero-order chi connectivity index (χ0) is 16.1. The summed E-state index contributed by atoms with van der Waals surface area (Å²) in [7, 11) is -1.69. The van der Waals surface area contributed by atoms with Crippen molar-refractivity contribution in [3.63, 3.8) is 0 Å². The van der Waals surface area contributed by atoms with Crippen LogP contribution < -0.4 is 10.4 Å². The maximum absolute atomic E-state index is 13.2. The van der Waals surface area contributed by atoms with Crippen LogP contribution in [0.4, 0.5) is 8.78 Å². The standard InChI is InChI=1S/C17H15F2N3Si/c18-14-2-6-16(7-3-14)23(17-8-4-15(19)5-9-17)11-1-10-22-13-20-12-21-22/h1-9,11-13,23H,10H2. The molecule has 0 unspecified atom stereocenters. The smallest absolute Gasteiger partial charge is 0.137 e. The molecule has 0 aliphatic heterocycles. The average Bonchev–Trinajstić information content (AvgIpc) is 3.07. The van der Waals surface area contributed by atoms with Crippen molar-refractivity contribution in [1.82, 2.24) is 14.8 Å². The third kappa shape index (κ3) is 3.98. The van der Waals surface area contributed by atoms with Gasteiger partial charge in [0.1, 0.15) is 33.1 Å². The maximum Gasteiger partial charge on any atom is 0.137 e. The van der Waals surface area contributed by atoms with Crippen molar-refractivity contribution in [3.05, 3.63) is 84.6 Å². The lowest BCUT2D eigenvalue weighted by atomic mass is 10.3. The number of allylic oxidation sites excluding steroid dienone is 1. The second-order valence-electron chi connectivity index (χ2n) is 5.13. The van der Waals surface area contributed by atoms with Gasteiger partial charge in [0.2, 0.25) is 0 Å². The molecule has 0 saturated heterocycles. The van der Waals surface area contributed by atoms with E-state index in [0.717, 1.165) is 10.4 Å². The van der Waals surface area contributed by atoms with E-state index in [-0.39, 0.29) is 11.6 Å². The van der Waals surface area contributed by atoms with E-state index in [1.165, 1.54) is 30.6 Å². The second-order valence-corrected chi connectivity index (χ2v) is 7.80. The van der Waals surface area contributed by atoms with Crippen molar-refractivity contribution in [2.75, 3.05) is 0 Å². The Morgan fingerprint density at radius 1 is 0.913 bits per heavy atom. The predicted octanol–water partition coefficient (Wildman–Crippen LogP) is 1.69. The number of benzene rings is 2. The van der Waals surface area contributed by atoms with Gasteiger partial charge in [-0.1, -0.05) is 46.4 Å². The third-order valence-electron chi connectivity index (χ3n) is 3.55. The number of aromatic nitrogens is 3. The zero-order valence-electron chi connectivity index (χ0n) is 12.3. The van der Waals surface area contributed by atoms with E-state index < -0.39 is 8.80 Å². The van der Waals surface area contributed by atoms with E-state index in [1.54, 1.807) is 35.3 Å². The highest BCUT2D eigenvalue weighted by atomic mass is 28.3. The molecule has 2 aromatic carbocycles. The second kappa shape index (κ2) is 7.10. The lowest BCUT2D eigenvalue weighted by Crippen LogP contribution is -2.40. The summed E-state index contributed by atoms with van der Waals surface area (Å²) >= 11 is 0. The molecule has 6 heteroatoms. The molecule has 3 nitrogen and oxygen atoms in total. The molecule has 0 N–H and O–H groups in total. The van der Waals surface area contributed by atoms with Gasteiger partial charge in [-0.3, -0.25) is 0 Å². The lowest BCUT2D eigenvalue weighted by Gasteiger charge is -2.12. The minimum atomic E-state index is -1.69. The molecule has 0 amide bonds. The Balaban J connectivity index is 1.87. The highest BCUT2D eigenvalue weighted by molar-refractivity contribution is 6.89. The molecule has 0 spiro atoms. The molecule has 3 rings (SSSR count). The Kier molecular flexibility index (Phi) is 4.73. The van der Waals surface area contributed by atoms with Crippen LogP contribution in [0.15, 0.2) is 73.0 Å². The summed E-state index contributed by atoms with van der Waals surface area (Å²) in [6, 6.07) is 13.1. The summed E-state index contributed by atoms with van der Waals surface area (Å²) in [5, 5.41) is 6.21. The molecule has 0 aliphatic carbocycles. The van der Waals surface area contributed by atoms with Gasteiger partial charge in [0.05, 0.1) is 6.54 Å². The van der Waals surface area contributed by atoms with E-state index in [1.807, 2.05) is 6.08 Å². The number of nitrogens with zero attached hydrogens (tertiary/aromatic N) is 3. The fourth-order valence-electron chi connectivity index (χ4n) is 2.39. The number of halogens is 2. The Morgan fingerprint density at radius 2 is 1.48 bits per heavy atom. The van der Waals surface area contributed by atoms with Gasteiger partial charge in [-0.2, -0.15) is 5.10 Å². The van der Waals surface area contributed by atoms with Gasteiger partial charge in [-0.25, -0.2) is 18.4 Å². The summed E-state index contributed by atoms with van der Waals surface area (Å²) in [5.74, 6) is -0.514. The minimum Gasteiger partial charge on any atom is -0.249 e. The summed E-state index contributed by atoms with van der Waals surface area (Å²) in [4.78, 5) is 3.90. The fourth-order valence-corrected chi connectivity index (χ4v) is 4.82. The molecule has 0 fully saturated rings. The van der Waals surface area contributed by atoms with Crippen molar-refractivity contribution in [3.8, 4) is 0 Å². The number of rotatable bonds is 5. The first-order valence-electron chi connectivity index (χ1n) is 7.22. The van der Waals surface area contributed by atoms with Crippen LogP contribution in [0.2, 0.25) is 0 Å². The zero-order valence-corrected chi connectivity index (χ0v) is 13.5. The van der Waals surface area contributed by atoms with Gasteiger partial charge in [-0.15, -0.1) is 0 Å². The quantitative estimate of drug-likeness (QED) is 0.668. The van der Waals surface area contributed by atoms with Crippen molar-refractivity contribution >= 4 is 19.2 Å². The van der Waals surface area contributed by atoms with Crippen LogP contribution >= 0.6 is 0 Å². The molecule has 0 atom stereocenters. The Hall–Kier alpha value is -2.60. The molecule has 1 aromatic heterocycles. The van der Waals surface area contributed by atoms with Crippen LogP contribution in [0.3, 0.4) is 0 Å². The van der Waals surface area contributed by atoms with Gasteiger partial charge in [-0.05, 0) is 24.3 Å². The first kappa shape index (κ1) is 15.3. The van der Waals surface area contributed by atoms with Crippen LogP contribution in [0.1, 0.15) is 0 Å². The summed E-state index contributed by atoms with van der Waals surface area (Å²) in [6.45, 7) is 0.617. The van der Waals surface area contributed by atoms with Gasteiger partial charge in [0, 0.05) is 0 Å². The Labute approximate surface area is 134 Å². The van der Waals surface area contributed by atoms with Crippen LogP contribution in [-0.4, -0.2) is 23.6 Å². The molecule has 23 heavy (non-hydrogen) atoms. The van der Waals surface area contributed by atoms with E-state index in [4.69, 9.17) is 0 Å². The lowest BCUT2D eigenvalue weighted by molar-refractivity contribution is 0.628. The SMILES string of the molecule is Fc1ccc([SiH](C=CCn2cncn2)c2ccc(F)cc2)cc1. The van der Waals surface area contributed by atoms with Gasteiger partial charge < -0.3 is 0 Å². The number of hydrogen-bond acceptors (Lipinski definition) is 2. The molecule has 1 heterocycles. The van der Waals surface area contributed by atoms with Crippen LogP contribution in [-0.2, 0) is 6.54 Å². The third-order valence-corrected chi connectivity index (χ3v) is 6.41. The average molecular weight is 327 g/mol. The molecule has 116 valence electrons. The first-order chi connectivity index (χ1) is 11.2. The van der Waals surface area contributed by atoms with Crippen LogP contribution in [0.25, 0.3) is 0 Å². The van der Waals surface area contributed by atoms with Crippen LogP contribution in [0.5, 0.6) is 0 Å². The molecular weight excluding hydrogens is 312 g/mol. The predicted molar refractivity (Wildman–Crippen MR) is 88.4 cm³/mol.